The molecule has 9 nitrogen and oxygen atoms in total. The Morgan fingerprint density at radius 1 is 1.31 bits per heavy atom. The van der Waals surface area contributed by atoms with Crippen LogP contribution in [0.25, 0.3) is 0 Å². The van der Waals surface area contributed by atoms with Crippen LogP contribution in [-0.4, -0.2) is 46.5 Å². The summed E-state index contributed by atoms with van der Waals surface area (Å²) in [5, 5.41) is 24.6. The molecule has 0 saturated carbocycles. The molecule has 0 spiro atoms. The van der Waals surface area contributed by atoms with Gasteiger partial charge in [-0.25, -0.2) is 14.8 Å². The molecular formula is C20H21N5O4. The minimum Gasteiger partial charge on any atom is -0.448 e. The number of amidine groups is 1. The number of pyridine rings is 1. The number of nitrogens with zero attached hydrogens (tertiary/aromatic N) is 3. The summed E-state index contributed by atoms with van der Waals surface area (Å²) in [5.41, 5.74) is 1.25. The van der Waals surface area contributed by atoms with Gasteiger partial charge in [0.25, 0.3) is 0 Å². The Bertz CT molecular complexity index is 907. The number of benzene rings is 1. The molecule has 1 aromatic heterocycles. The number of carbonyl (C=O) groups is 1. The maximum absolute atomic E-state index is 11.7. The Morgan fingerprint density at radius 3 is 2.76 bits per heavy atom. The summed E-state index contributed by atoms with van der Waals surface area (Å²) < 4.78 is 4.90. The molecule has 0 aliphatic heterocycles. The van der Waals surface area contributed by atoms with Crippen LogP contribution in [0.4, 0.5) is 10.6 Å². The zero-order valence-corrected chi connectivity index (χ0v) is 15.8. The number of anilines is 1. The van der Waals surface area contributed by atoms with Gasteiger partial charge in [-0.2, -0.15) is 0 Å². The molecule has 0 aliphatic rings. The number of likely N-dealkylation sites (N-methyl/N-ethyl adjacent to an activating group) is 1. The predicted octanol–water partition coefficient (Wildman–Crippen LogP) is 2.87. The predicted molar refractivity (Wildman–Crippen MR) is 108 cm³/mol. The van der Waals surface area contributed by atoms with Crippen molar-refractivity contribution in [3.05, 3.63) is 59.8 Å². The number of ether oxygens (including phenoxy) is 1. The molecule has 9 heteroatoms. The second-order valence-corrected chi connectivity index (χ2v) is 5.68. The third kappa shape index (κ3) is 6.97. The maximum Gasteiger partial charge on any atom is 0.412 e. The largest absolute Gasteiger partial charge is 0.448 e. The number of oxime groups is 1. The zero-order chi connectivity index (χ0) is 21.1. The lowest BCUT2D eigenvalue weighted by molar-refractivity contribution is 0.0148. The molecule has 1 heterocycles. The first-order chi connectivity index (χ1) is 14.0. The molecule has 0 bridgehead atoms. The molecular weight excluding hydrogens is 374 g/mol. The highest BCUT2D eigenvalue weighted by Gasteiger charge is 2.14. The SMILES string of the molecule is C#CCCOC(=O)Nc1cccc(CO/N=C(/C(=N)N(C)O)c2ccccc2)n1. The highest BCUT2D eigenvalue weighted by atomic mass is 16.6. The molecule has 3 N–H and O–H groups in total. The lowest BCUT2D eigenvalue weighted by atomic mass is 10.1. The molecule has 2 rings (SSSR count). The number of hydrogen-bond acceptors (Lipinski definition) is 7. The van der Waals surface area contributed by atoms with Crippen molar-refractivity contribution < 1.29 is 19.6 Å². The standard InChI is InChI=1S/C20H21N5O4/c1-3-4-13-28-20(26)23-17-12-8-11-16(22-17)14-29-24-18(19(21)25(2)27)15-9-6-5-7-10-15/h1,5-12,21,27H,4,13-14H2,2H3,(H,22,23,26)/b21-19?,24-18+. The Balaban J connectivity index is 2.03. The van der Waals surface area contributed by atoms with Crippen LogP contribution in [0.1, 0.15) is 17.7 Å². The summed E-state index contributed by atoms with van der Waals surface area (Å²) in [6, 6.07) is 13.9. The fourth-order valence-corrected chi connectivity index (χ4v) is 2.12. The minimum absolute atomic E-state index is 0.0135. The van der Waals surface area contributed by atoms with Crippen LogP contribution in [0.2, 0.25) is 0 Å². The average molecular weight is 395 g/mol. The molecule has 0 saturated heterocycles. The van der Waals surface area contributed by atoms with Gasteiger partial charge in [-0.3, -0.25) is 15.9 Å². The van der Waals surface area contributed by atoms with Crippen molar-refractivity contribution in [2.45, 2.75) is 13.0 Å². The van der Waals surface area contributed by atoms with Crippen LogP contribution in [0.15, 0.2) is 53.7 Å². The van der Waals surface area contributed by atoms with Crippen molar-refractivity contribution in [2.75, 3.05) is 19.0 Å². The third-order valence-corrected chi connectivity index (χ3v) is 3.48. The quantitative estimate of drug-likeness (QED) is 0.208. The summed E-state index contributed by atoms with van der Waals surface area (Å²) >= 11 is 0. The fraction of sp³-hybridized carbons (Fsp3) is 0.200. The summed E-state index contributed by atoms with van der Waals surface area (Å²) in [6.07, 6.45) is 4.77. The van der Waals surface area contributed by atoms with E-state index in [4.69, 9.17) is 21.4 Å². The summed E-state index contributed by atoms with van der Waals surface area (Å²) in [5.74, 6) is 2.43. The minimum atomic E-state index is -0.658. The van der Waals surface area contributed by atoms with Gasteiger partial charge >= 0.3 is 6.09 Å². The van der Waals surface area contributed by atoms with Crippen LogP contribution < -0.4 is 5.32 Å². The monoisotopic (exact) mass is 395 g/mol. The highest BCUT2D eigenvalue weighted by molar-refractivity contribution is 6.45. The zero-order valence-electron chi connectivity index (χ0n) is 15.8. The van der Waals surface area contributed by atoms with E-state index >= 15 is 0 Å². The van der Waals surface area contributed by atoms with E-state index < -0.39 is 6.09 Å². The molecule has 0 aliphatic carbocycles. The maximum atomic E-state index is 11.7. The van der Waals surface area contributed by atoms with Gasteiger partial charge in [0.05, 0.1) is 5.69 Å². The number of carbonyl (C=O) groups excluding carboxylic acids is 1. The van der Waals surface area contributed by atoms with Crippen LogP contribution in [0, 0.1) is 17.8 Å². The van der Waals surface area contributed by atoms with E-state index in [1.54, 1.807) is 42.5 Å². The highest BCUT2D eigenvalue weighted by Crippen LogP contribution is 2.09. The average Bonchev–Trinajstić information content (AvgIpc) is 2.72. The molecule has 0 atom stereocenters. The van der Waals surface area contributed by atoms with Crippen molar-refractivity contribution in [2.24, 2.45) is 5.16 Å². The van der Waals surface area contributed by atoms with Gasteiger partial charge in [0.2, 0.25) is 0 Å². The van der Waals surface area contributed by atoms with Crippen molar-refractivity contribution in [1.82, 2.24) is 10.0 Å². The molecule has 0 radical (unpaired) electrons. The van der Waals surface area contributed by atoms with Gasteiger partial charge in [0.1, 0.15) is 12.4 Å². The number of rotatable bonds is 8. The van der Waals surface area contributed by atoms with E-state index in [1.165, 1.54) is 7.05 Å². The van der Waals surface area contributed by atoms with E-state index in [0.29, 0.717) is 22.7 Å². The van der Waals surface area contributed by atoms with E-state index in [-0.39, 0.29) is 30.6 Å². The van der Waals surface area contributed by atoms with Gasteiger partial charge in [-0.1, -0.05) is 41.6 Å². The second kappa shape index (κ2) is 11.1. The molecule has 0 unspecified atom stereocenters. The summed E-state index contributed by atoms with van der Waals surface area (Å²) in [4.78, 5) is 21.2. The Morgan fingerprint density at radius 2 is 2.07 bits per heavy atom. The molecule has 29 heavy (non-hydrogen) atoms. The number of terminal acetylenes is 1. The van der Waals surface area contributed by atoms with Crippen LogP contribution in [0.3, 0.4) is 0 Å². The summed E-state index contributed by atoms with van der Waals surface area (Å²) in [6.45, 7) is 0.105. The van der Waals surface area contributed by atoms with Crippen LogP contribution in [-0.2, 0) is 16.2 Å². The van der Waals surface area contributed by atoms with Gasteiger partial charge in [0, 0.05) is 19.0 Å². The first-order valence-corrected chi connectivity index (χ1v) is 8.61. The van der Waals surface area contributed by atoms with E-state index in [0.717, 1.165) is 0 Å². The van der Waals surface area contributed by atoms with Crippen LogP contribution >= 0.6 is 0 Å². The van der Waals surface area contributed by atoms with Crippen LogP contribution in [0.5, 0.6) is 0 Å². The smallest absolute Gasteiger partial charge is 0.412 e. The Kier molecular flexibility index (Phi) is 8.16. The lowest BCUT2D eigenvalue weighted by Crippen LogP contribution is -2.30. The molecule has 0 fully saturated rings. The summed E-state index contributed by atoms with van der Waals surface area (Å²) in [7, 11) is 1.32. The molecule has 150 valence electrons. The number of aromatic nitrogens is 1. The topological polar surface area (TPSA) is 120 Å². The number of hydroxylamine groups is 2. The van der Waals surface area contributed by atoms with Gasteiger partial charge in [-0.05, 0) is 12.1 Å². The molecule has 2 aromatic rings. The van der Waals surface area contributed by atoms with E-state index in [9.17, 15) is 10.0 Å². The Hall–Kier alpha value is -3.90. The van der Waals surface area contributed by atoms with Gasteiger partial charge in [0.15, 0.2) is 18.2 Å². The normalized spacial score (nSPS) is 10.6. The molecule has 1 aromatic carbocycles. The van der Waals surface area contributed by atoms with Gasteiger partial charge < -0.3 is 9.57 Å². The molecule has 1 amide bonds. The lowest BCUT2D eigenvalue weighted by Gasteiger charge is -2.13. The number of hydrogen-bond donors (Lipinski definition) is 3. The number of nitrogens with one attached hydrogen (secondary N) is 2. The first kappa shape index (κ1) is 21.4. The number of amides is 1. The van der Waals surface area contributed by atoms with Crippen molar-refractivity contribution in [3.8, 4) is 12.3 Å². The third-order valence-electron chi connectivity index (χ3n) is 3.48. The Labute approximate surface area is 168 Å². The van der Waals surface area contributed by atoms with E-state index in [1.807, 2.05) is 6.07 Å². The fourth-order valence-electron chi connectivity index (χ4n) is 2.12. The van der Waals surface area contributed by atoms with Gasteiger partial charge in [-0.15, -0.1) is 12.3 Å². The van der Waals surface area contributed by atoms with E-state index in [2.05, 4.69) is 21.4 Å². The van der Waals surface area contributed by atoms with Crippen molar-refractivity contribution >= 4 is 23.5 Å². The van der Waals surface area contributed by atoms with Crippen molar-refractivity contribution in [1.29, 1.82) is 5.41 Å². The second-order valence-electron chi connectivity index (χ2n) is 5.68. The first-order valence-electron chi connectivity index (χ1n) is 8.61. The van der Waals surface area contributed by atoms with Crippen molar-refractivity contribution in [3.63, 3.8) is 0 Å².